The number of nitrogens with one attached hydrogen (secondary N) is 1. The number of halogens is 2. The van der Waals surface area contributed by atoms with E-state index in [0.717, 1.165) is 17.7 Å². The van der Waals surface area contributed by atoms with E-state index in [0.29, 0.717) is 34.8 Å². The number of hydrogen-bond acceptors (Lipinski definition) is 4. The number of likely N-dealkylation sites (tertiary alicyclic amines) is 1. The van der Waals surface area contributed by atoms with Crippen molar-refractivity contribution in [2.75, 3.05) is 25.0 Å². The molecule has 0 atom stereocenters. The van der Waals surface area contributed by atoms with Crippen molar-refractivity contribution in [3.8, 4) is 5.75 Å². The molecule has 3 amide bonds. The Kier molecular flexibility index (Phi) is 7.22. The minimum absolute atomic E-state index is 0.129. The maximum atomic E-state index is 13.0. The van der Waals surface area contributed by atoms with Gasteiger partial charge in [0.1, 0.15) is 11.6 Å². The van der Waals surface area contributed by atoms with Gasteiger partial charge in [-0.1, -0.05) is 11.6 Å². The standard InChI is InChI=1S/C20H21ClFN3O3S/c21-13-1-6-18(17(11-13)24-20(23)27)28-12-19(26)25-9-7-16(8-10-25)29-15-4-2-14(22)3-5-15/h1-6,11,16H,7-10,12H2,(H3,23,24,27). The normalized spacial score (nSPS) is 14.5. The van der Waals surface area contributed by atoms with Crippen molar-refractivity contribution in [1.29, 1.82) is 0 Å². The molecule has 1 aliphatic rings. The zero-order valence-corrected chi connectivity index (χ0v) is 17.1. The topological polar surface area (TPSA) is 84.7 Å². The molecule has 0 spiro atoms. The molecule has 0 aliphatic carbocycles. The first-order valence-electron chi connectivity index (χ1n) is 9.09. The maximum absolute atomic E-state index is 13.0. The summed E-state index contributed by atoms with van der Waals surface area (Å²) >= 11 is 7.63. The molecule has 0 radical (unpaired) electrons. The fourth-order valence-corrected chi connectivity index (χ4v) is 4.31. The highest BCUT2D eigenvalue weighted by molar-refractivity contribution is 8.00. The molecule has 1 fully saturated rings. The number of hydrogen-bond donors (Lipinski definition) is 2. The fraction of sp³-hybridized carbons (Fsp3) is 0.300. The van der Waals surface area contributed by atoms with Crippen LogP contribution in [0.5, 0.6) is 5.75 Å². The lowest BCUT2D eigenvalue weighted by molar-refractivity contribution is -0.134. The number of urea groups is 1. The molecule has 0 aromatic heterocycles. The third-order valence-corrected chi connectivity index (χ3v) is 6.05. The fourth-order valence-electron chi connectivity index (χ4n) is 3.02. The summed E-state index contributed by atoms with van der Waals surface area (Å²) in [7, 11) is 0. The Morgan fingerprint density at radius 2 is 1.90 bits per heavy atom. The average molecular weight is 438 g/mol. The van der Waals surface area contributed by atoms with E-state index >= 15 is 0 Å². The highest BCUT2D eigenvalue weighted by atomic mass is 35.5. The lowest BCUT2D eigenvalue weighted by Gasteiger charge is -2.31. The van der Waals surface area contributed by atoms with E-state index in [1.165, 1.54) is 18.2 Å². The van der Waals surface area contributed by atoms with Crippen LogP contribution in [-0.4, -0.2) is 41.8 Å². The van der Waals surface area contributed by atoms with Gasteiger partial charge in [0.05, 0.1) is 5.69 Å². The summed E-state index contributed by atoms with van der Waals surface area (Å²) in [5.74, 6) is -0.0526. The number of nitrogens with two attached hydrogens (primary N) is 1. The van der Waals surface area contributed by atoms with E-state index in [-0.39, 0.29) is 18.3 Å². The molecule has 3 rings (SSSR count). The highest BCUT2D eigenvalue weighted by Crippen LogP contribution is 2.31. The van der Waals surface area contributed by atoms with Crippen LogP contribution in [0.15, 0.2) is 47.4 Å². The molecular formula is C20H21ClFN3O3S. The number of nitrogens with zero attached hydrogens (tertiary/aromatic N) is 1. The van der Waals surface area contributed by atoms with Gasteiger partial charge in [-0.3, -0.25) is 4.79 Å². The molecule has 29 heavy (non-hydrogen) atoms. The Hall–Kier alpha value is -2.45. The van der Waals surface area contributed by atoms with Crippen molar-refractivity contribution in [2.24, 2.45) is 5.73 Å². The smallest absolute Gasteiger partial charge is 0.316 e. The van der Waals surface area contributed by atoms with Crippen LogP contribution in [-0.2, 0) is 4.79 Å². The molecule has 9 heteroatoms. The first-order chi connectivity index (χ1) is 13.9. The number of benzene rings is 2. The number of rotatable bonds is 6. The predicted octanol–water partition coefficient (Wildman–Crippen LogP) is 4.13. The second kappa shape index (κ2) is 9.84. The Labute approximate surface area is 177 Å². The Morgan fingerprint density at radius 1 is 1.21 bits per heavy atom. The molecule has 0 unspecified atom stereocenters. The number of carbonyl (C=O) groups excluding carboxylic acids is 2. The summed E-state index contributed by atoms with van der Waals surface area (Å²) < 4.78 is 18.6. The van der Waals surface area contributed by atoms with E-state index in [1.54, 1.807) is 40.9 Å². The lowest BCUT2D eigenvalue weighted by atomic mass is 10.1. The predicted molar refractivity (Wildman–Crippen MR) is 112 cm³/mol. The zero-order valence-electron chi connectivity index (χ0n) is 15.6. The summed E-state index contributed by atoms with van der Waals surface area (Å²) in [5, 5.41) is 3.22. The minimum atomic E-state index is -0.746. The lowest BCUT2D eigenvalue weighted by Crippen LogP contribution is -2.41. The highest BCUT2D eigenvalue weighted by Gasteiger charge is 2.24. The van der Waals surface area contributed by atoms with Crippen molar-refractivity contribution >= 4 is 41.0 Å². The summed E-state index contributed by atoms with van der Waals surface area (Å²) in [5.41, 5.74) is 5.46. The van der Waals surface area contributed by atoms with Crippen LogP contribution in [0, 0.1) is 5.82 Å². The zero-order chi connectivity index (χ0) is 20.8. The molecule has 1 saturated heterocycles. The number of amides is 3. The number of ether oxygens (including phenoxy) is 1. The van der Waals surface area contributed by atoms with Gasteiger partial charge in [0, 0.05) is 28.3 Å². The van der Waals surface area contributed by atoms with E-state index in [2.05, 4.69) is 5.32 Å². The van der Waals surface area contributed by atoms with Gasteiger partial charge in [-0.15, -0.1) is 11.8 Å². The van der Waals surface area contributed by atoms with E-state index in [9.17, 15) is 14.0 Å². The van der Waals surface area contributed by atoms with Crippen molar-refractivity contribution in [2.45, 2.75) is 23.0 Å². The monoisotopic (exact) mass is 437 g/mol. The van der Waals surface area contributed by atoms with Crippen LogP contribution in [0.3, 0.4) is 0 Å². The third kappa shape index (κ3) is 6.27. The SMILES string of the molecule is NC(=O)Nc1cc(Cl)ccc1OCC(=O)N1CCC(Sc2ccc(F)cc2)CC1. The molecule has 2 aromatic carbocycles. The molecule has 0 saturated carbocycles. The molecular weight excluding hydrogens is 417 g/mol. The van der Waals surface area contributed by atoms with Crippen LogP contribution < -0.4 is 15.8 Å². The quantitative estimate of drug-likeness (QED) is 0.711. The number of piperidine rings is 1. The van der Waals surface area contributed by atoms with Crippen molar-refractivity contribution < 1.29 is 18.7 Å². The van der Waals surface area contributed by atoms with Crippen LogP contribution in [0.4, 0.5) is 14.9 Å². The van der Waals surface area contributed by atoms with Gasteiger partial charge in [-0.25, -0.2) is 9.18 Å². The Bertz CT molecular complexity index is 874. The number of primary amides is 1. The van der Waals surface area contributed by atoms with E-state index in [4.69, 9.17) is 22.1 Å². The van der Waals surface area contributed by atoms with Crippen LogP contribution in [0.2, 0.25) is 5.02 Å². The minimum Gasteiger partial charge on any atom is -0.482 e. The molecule has 0 bridgehead atoms. The van der Waals surface area contributed by atoms with Gasteiger partial charge < -0.3 is 20.7 Å². The first kappa shape index (κ1) is 21.3. The van der Waals surface area contributed by atoms with E-state index < -0.39 is 6.03 Å². The van der Waals surface area contributed by atoms with Gasteiger partial charge >= 0.3 is 6.03 Å². The summed E-state index contributed by atoms with van der Waals surface area (Å²) in [6.07, 6.45) is 1.70. The maximum Gasteiger partial charge on any atom is 0.316 e. The van der Waals surface area contributed by atoms with Gasteiger partial charge in [-0.2, -0.15) is 0 Å². The van der Waals surface area contributed by atoms with Gasteiger partial charge in [0.25, 0.3) is 5.91 Å². The van der Waals surface area contributed by atoms with Crippen LogP contribution in [0.1, 0.15) is 12.8 Å². The van der Waals surface area contributed by atoms with Crippen molar-refractivity contribution in [3.05, 3.63) is 53.3 Å². The number of carbonyl (C=O) groups is 2. The van der Waals surface area contributed by atoms with Gasteiger partial charge in [-0.05, 0) is 55.3 Å². The molecule has 2 aromatic rings. The van der Waals surface area contributed by atoms with Gasteiger partial charge in [0.15, 0.2) is 6.61 Å². The molecule has 3 N–H and O–H groups in total. The summed E-state index contributed by atoms with van der Waals surface area (Å²) in [6.45, 7) is 1.12. The molecule has 1 heterocycles. The number of thioether (sulfide) groups is 1. The van der Waals surface area contributed by atoms with Crippen molar-refractivity contribution in [1.82, 2.24) is 4.90 Å². The first-order valence-corrected chi connectivity index (χ1v) is 10.4. The van der Waals surface area contributed by atoms with Crippen LogP contribution >= 0.6 is 23.4 Å². The van der Waals surface area contributed by atoms with E-state index in [1.807, 2.05) is 0 Å². The third-order valence-electron chi connectivity index (χ3n) is 4.46. The summed E-state index contributed by atoms with van der Waals surface area (Å²) in [6, 6.07) is 10.4. The second-order valence-electron chi connectivity index (χ2n) is 6.57. The molecule has 154 valence electrons. The molecule has 1 aliphatic heterocycles. The molecule has 6 nitrogen and oxygen atoms in total. The summed E-state index contributed by atoms with van der Waals surface area (Å²) in [4.78, 5) is 26.4. The largest absolute Gasteiger partial charge is 0.482 e. The Balaban J connectivity index is 1.49. The second-order valence-corrected chi connectivity index (χ2v) is 8.38. The van der Waals surface area contributed by atoms with Crippen LogP contribution in [0.25, 0.3) is 0 Å². The Morgan fingerprint density at radius 3 is 2.55 bits per heavy atom. The average Bonchev–Trinajstić information content (AvgIpc) is 2.69. The number of anilines is 1. The van der Waals surface area contributed by atoms with Gasteiger partial charge in [0.2, 0.25) is 0 Å². The van der Waals surface area contributed by atoms with Crippen molar-refractivity contribution in [3.63, 3.8) is 0 Å².